The molecule has 0 radical (unpaired) electrons. The quantitative estimate of drug-likeness (QED) is 0.857. The summed E-state index contributed by atoms with van der Waals surface area (Å²) in [5.41, 5.74) is 2.88. The molecule has 0 spiro atoms. The number of hydrogen-bond acceptors (Lipinski definition) is 2. The number of halogens is 2. The molecule has 5 heteroatoms. The molecule has 1 amide bonds. The van der Waals surface area contributed by atoms with Crippen LogP contribution in [0.15, 0.2) is 42.5 Å². The number of carbonyl (C=O) groups excluding carboxylic acids is 1. The van der Waals surface area contributed by atoms with E-state index in [0.717, 1.165) is 11.6 Å². The highest BCUT2D eigenvalue weighted by atomic mass is 32.2. The molecule has 0 aromatic heterocycles. The Morgan fingerprint density at radius 3 is 2.39 bits per heavy atom. The van der Waals surface area contributed by atoms with Gasteiger partial charge in [0, 0.05) is 12.3 Å². The lowest BCUT2D eigenvalue weighted by Gasteiger charge is -2.12. The van der Waals surface area contributed by atoms with Crippen LogP contribution >= 0.6 is 11.8 Å². The number of amides is 1. The summed E-state index contributed by atoms with van der Waals surface area (Å²) in [5.74, 6) is -1.34. The fraction of sp³-hybridized carbons (Fsp3) is 0.278. The Morgan fingerprint density at radius 2 is 1.74 bits per heavy atom. The van der Waals surface area contributed by atoms with Crippen LogP contribution in [-0.4, -0.2) is 11.2 Å². The number of aryl methyl sites for hydroxylation is 1. The minimum absolute atomic E-state index is 0.0711. The van der Waals surface area contributed by atoms with Crippen LogP contribution in [0.3, 0.4) is 0 Å². The predicted octanol–water partition coefficient (Wildman–Crippen LogP) is 4.21. The minimum atomic E-state index is -0.862. The summed E-state index contributed by atoms with van der Waals surface area (Å²) in [4.78, 5) is 12.1. The highest BCUT2D eigenvalue weighted by Crippen LogP contribution is 2.19. The van der Waals surface area contributed by atoms with Crippen molar-refractivity contribution in [2.75, 3.05) is 0 Å². The molecule has 1 N–H and O–H groups in total. The third kappa shape index (κ3) is 5.36. The van der Waals surface area contributed by atoms with Gasteiger partial charge < -0.3 is 5.32 Å². The standard InChI is InChI=1S/C18H19F2NOS/c1-12-3-5-14(6-4-12)10-21-18(22)13(2)23-11-15-7-8-16(19)17(20)9-15/h3-9,13H,10-11H2,1-2H3,(H,21,22). The summed E-state index contributed by atoms with van der Waals surface area (Å²) < 4.78 is 26.0. The summed E-state index contributed by atoms with van der Waals surface area (Å²) >= 11 is 1.39. The Balaban J connectivity index is 1.80. The zero-order chi connectivity index (χ0) is 16.8. The molecule has 2 aromatic carbocycles. The van der Waals surface area contributed by atoms with Gasteiger partial charge in [-0.05, 0) is 37.1 Å². The first-order valence-corrected chi connectivity index (χ1v) is 8.39. The number of thioether (sulfide) groups is 1. The van der Waals surface area contributed by atoms with Crippen LogP contribution < -0.4 is 5.32 Å². The van der Waals surface area contributed by atoms with Crippen LogP contribution in [0.2, 0.25) is 0 Å². The zero-order valence-electron chi connectivity index (χ0n) is 13.1. The monoisotopic (exact) mass is 335 g/mol. The molecule has 0 aliphatic rings. The van der Waals surface area contributed by atoms with Gasteiger partial charge in [0.1, 0.15) is 0 Å². The van der Waals surface area contributed by atoms with E-state index in [4.69, 9.17) is 0 Å². The first-order chi connectivity index (χ1) is 11.0. The average Bonchev–Trinajstić information content (AvgIpc) is 2.54. The van der Waals surface area contributed by atoms with Crippen molar-refractivity contribution in [3.05, 3.63) is 70.8 Å². The van der Waals surface area contributed by atoms with Crippen LogP contribution in [0.4, 0.5) is 8.78 Å². The van der Waals surface area contributed by atoms with Crippen molar-refractivity contribution in [2.45, 2.75) is 31.4 Å². The Hall–Kier alpha value is -1.88. The molecule has 0 saturated carbocycles. The van der Waals surface area contributed by atoms with Crippen LogP contribution in [0.1, 0.15) is 23.6 Å². The lowest BCUT2D eigenvalue weighted by Crippen LogP contribution is -2.30. The van der Waals surface area contributed by atoms with Gasteiger partial charge in [-0.1, -0.05) is 35.9 Å². The summed E-state index contributed by atoms with van der Waals surface area (Å²) in [7, 11) is 0. The van der Waals surface area contributed by atoms with Crippen LogP contribution in [0.25, 0.3) is 0 Å². The predicted molar refractivity (Wildman–Crippen MR) is 90.1 cm³/mol. The van der Waals surface area contributed by atoms with Crippen LogP contribution in [0, 0.1) is 18.6 Å². The summed E-state index contributed by atoms with van der Waals surface area (Å²) in [6, 6.07) is 11.8. The van der Waals surface area contributed by atoms with Crippen LogP contribution in [-0.2, 0) is 17.1 Å². The second kappa shape index (κ2) is 8.11. The molecule has 0 fully saturated rings. The number of carbonyl (C=O) groups is 1. The second-order valence-electron chi connectivity index (χ2n) is 5.41. The lowest BCUT2D eigenvalue weighted by molar-refractivity contribution is -0.120. The van der Waals surface area contributed by atoms with E-state index in [0.29, 0.717) is 17.9 Å². The molecule has 0 heterocycles. The third-order valence-corrected chi connectivity index (χ3v) is 4.65. The largest absolute Gasteiger partial charge is 0.351 e. The van der Waals surface area contributed by atoms with Crippen molar-refractivity contribution in [1.82, 2.24) is 5.32 Å². The lowest BCUT2D eigenvalue weighted by atomic mass is 10.1. The maximum Gasteiger partial charge on any atom is 0.233 e. The SMILES string of the molecule is Cc1ccc(CNC(=O)C(C)SCc2ccc(F)c(F)c2)cc1. The van der Waals surface area contributed by atoms with Crippen molar-refractivity contribution in [3.63, 3.8) is 0 Å². The molecule has 122 valence electrons. The van der Waals surface area contributed by atoms with E-state index in [1.165, 1.54) is 29.5 Å². The second-order valence-corrected chi connectivity index (χ2v) is 6.73. The van der Waals surface area contributed by atoms with E-state index >= 15 is 0 Å². The molecular formula is C18H19F2NOS. The summed E-state index contributed by atoms with van der Waals surface area (Å²) in [6.45, 7) is 4.30. The number of rotatable bonds is 6. The van der Waals surface area contributed by atoms with Crippen molar-refractivity contribution >= 4 is 17.7 Å². The number of nitrogens with one attached hydrogen (secondary N) is 1. The Morgan fingerprint density at radius 1 is 1.09 bits per heavy atom. The van der Waals surface area contributed by atoms with Crippen molar-refractivity contribution in [1.29, 1.82) is 0 Å². The van der Waals surface area contributed by atoms with E-state index in [2.05, 4.69) is 5.32 Å². The first kappa shape index (κ1) is 17.5. The normalized spacial score (nSPS) is 12.0. The van der Waals surface area contributed by atoms with Gasteiger partial charge in [-0.2, -0.15) is 0 Å². The van der Waals surface area contributed by atoms with Gasteiger partial charge in [-0.3, -0.25) is 4.79 Å². The molecule has 2 nitrogen and oxygen atoms in total. The average molecular weight is 335 g/mol. The minimum Gasteiger partial charge on any atom is -0.351 e. The van der Waals surface area contributed by atoms with E-state index in [1.807, 2.05) is 31.2 Å². The molecule has 0 bridgehead atoms. The summed E-state index contributed by atoms with van der Waals surface area (Å²) in [6.07, 6.45) is 0. The molecule has 1 atom stereocenters. The van der Waals surface area contributed by atoms with Crippen LogP contribution in [0.5, 0.6) is 0 Å². The van der Waals surface area contributed by atoms with E-state index in [-0.39, 0.29) is 11.2 Å². The van der Waals surface area contributed by atoms with E-state index < -0.39 is 11.6 Å². The smallest absolute Gasteiger partial charge is 0.233 e. The van der Waals surface area contributed by atoms with Gasteiger partial charge in [0.25, 0.3) is 0 Å². The Bertz CT molecular complexity index is 673. The van der Waals surface area contributed by atoms with Crippen molar-refractivity contribution in [2.24, 2.45) is 0 Å². The van der Waals surface area contributed by atoms with Crippen molar-refractivity contribution in [3.8, 4) is 0 Å². The van der Waals surface area contributed by atoms with Gasteiger partial charge in [-0.15, -0.1) is 11.8 Å². The molecule has 0 aliphatic heterocycles. The van der Waals surface area contributed by atoms with Gasteiger partial charge in [0.05, 0.1) is 5.25 Å². The molecule has 23 heavy (non-hydrogen) atoms. The van der Waals surface area contributed by atoms with E-state index in [1.54, 1.807) is 6.92 Å². The van der Waals surface area contributed by atoms with Crippen molar-refractivity contribution < 1.29 is 13.6 Å². The van der Waals surface area contributed by atoms with Gasteiger partial charge in [-0.25, -0.2) is 8.78 Å². The molecule has 0 aliphatic carbocycles. The van der Waals surface area contributed by atoms with Gasteiger partial charge >= 0.3 is 0 Å². The topological polar surface area (TPSA) is 29.1 Å². The zero-order valence-corrected chi connectivity index (χ0v) is 13.9. The maximum atomic E-state index is 13.1. The Kier molecular flexibility index (Phi) is 6.16. The highest BCUT2D eigenvalue weighted by Gasteiger charge is 2.13. The molecule has 1 unspecified atom stereocenters. The maximum absolute atomic E-state index is 13.1. The number of hydrogen-bond donors (Lipinski definition) is 1. The Labute approximate surface area is 139 Å². The first-order valence-electron chi connectivity index (χ1n) is 7.34. The fourth-order valence-corrected chi connectivity index (χ4v) is 2.82. The summed E-state index contributed by atoms with van der Waals surface area (Å²) in [5, 5.41) is 2.61. The molecule has 2 aromatic rings. The molecular weight excluding hydrogens is 316 g/mol. The van der Waals surface area contributed by atoms with E-state index in [9.17, 15) is 13.6 Å². The molecule has 2 rings (SSSR count). The van der Waals surface area contributed by atoms with Gasteiger partial charge in [0.15, 0.2) is 11.6 Å². The third-order valence-electron chi connectivity index (χ3n) is 3.44. The molecule has 0 saturated heterocycles. The number of benzene rings is 2. The fourth-order valence-electron chi connectivity index (χ4n) is 1.97. The van der Waals surface area contributed by atoms with Gasteiger partial charge in [0.2, 0.25) is 5.91 Å². The highest BCUT2D eigenvalue weighted by molar-refractivity contribution is 7.99.